The fourth-order valence-electron chi connectivity index (χ4n) is 3.57. The summed E-state index contributed by atoms with van der Waals surface area (Å²) in [6.45, 7) is 1.84. The van der Waals surface area contributed by atoms with Crippen LogP contribution in [0.5, 0.6) is 5.75 Å². The van der Waals surface area contributed by atoms with Crippen LogP contribution in [0.1, 0.15) is 41.7 Å². The number of rotatable bonds is 6. The Bertz CT molecular complexity index is 1130. The lowest BCUT2D eigenvalue weighted by molar-refractivity contribution is 0.102. The van der Waals surface area contributed by atoms with Gasteiger partial charge in [0.2, 0.25) is 5.13 Å². The summed E-state index contributed by atoms with van der Waals surface area (Å²) in [5.41, 5.74) is 2.36. The molecule has 11 heteroatoms. The number of carbonyl (C=O) groups is 1. The van der Waals surface area contributed by atoms with E-state index in [1.54, 1.807) is 12.1 Å². The average Bonchev–Trinajstić information content (AvgIpc) is 3.22. The highest BCUT2D eigenvalue weighted by atomic mass is 35.5. The van der Waals surface area contributed by atoms with E-state index in [-0.39, 0.29) is 22.4 Å². The monoisotopic (exact) mass is 491 g/mol. The van der Waals surface area contributed by atoms with Crippen LogP contribution in [0, 0.1) is 6.92 Å². The largest absolute Gasteiger partial charge is 0.494 e. The number of nitrogens with zero attached hydrogens (tertiary/aromatic N) is 4. The number of methoxy groups -OCH3 is 1. The predicted molar refractivity (Wildman–Crippen MR) is 126 cm³/mol. The van der Waals surface area contributed by atoms with Crippen molar-refractivity contribution >= 4 is 45.7 Å². The number of aliphatic hydroxyl groups is 1. The number of hydrogen-bond donors (Lipinski definition) is 2. The summed E-state index contributed by atoms with van der Waals surface area (Å²) in [4.78, 5) is 21.4. The molecule has 0 aromatic carbocycles. The summed E-state index contributed by atoms with van der Waals surface area (Å²) in [5.74, 6) is 0.127. The highest BCUT2D eigenvalue weighted by molar-refractivity contribution is 8.01. The van der Waals surface area contributed by atoms with Crippen LogP contribution in [-0.2, 0) is 0 Å². The van der Waals surface area contributed by atoms with Crippen LogP contribution in [-0.4, -0.2) is 49.6 Å². The van der Waals surface area contributed by atoms with Gasteiger partial charge < -0.3 is 9.84 Å². The lowest BCUT2D eigenvalue weighted by atomic mass is 9.97. The van der Waals surface area contributed by atoms with E-state index >= 15 is 0 Å². The Labute approximate surface area is 198 Å². The molecule has 32 heavy (non-hydrogen) atoms. The zero-order valence-electron chi connectivity index (χ0n) is 17.5. The van der Waals surface area contributed by atoms with Crippen LogP contribution < -0.4 is 10.1 Å². The van der Waals surface area contributed by atoms with Crippen LogP contribution in [0.25, 0.3) is 11.1 Å². The lowest BCUT2D eigenvalue weighted by Crippen LogP contribution is -2.26. The number of halogens is 1. The summed E-state index contributed by atoms with van der Waals surface area (Å²) in [7, 11) is 1.53. The third kappa shape index (κ3) is 5.20. The summed E-state index contributed by atoms with van der Waals surface area (Å²) < 4.78 is 6.13. The smallest absolute Gasteiger partial charge is 0.259 e. The molecule has 0 aliphatic heterocycles. The molecular weight excluding hydrogens is 470 g/mol. The Morgan fingerprint density at radius 3 is 2.81 bits per heavy atom. The van der Waals surface area contributed by atoms with E-state index in [0.717, 1.165) is 35.7 Å². The van der Waals surface area contributed by atoms with Crippen molar-refractivity contribution in [2.45, 2.75) is 48.3 Å². The van der Waals surface area contributed by atoms with Gasteiger partial charge in [0.05, 0.1) is 25.0 Å². The van der Waals surface area contributed by atoms with Gasteiger partial charge in [-0.1, -0.05) is 47.5 Å². The molecule has 8 nitrogen and oxygen atoms in total. The normalized spacial score (nSPS) is 18.4. The van der Waals surface area contributed by atoms with E-state index in [4.69, 9.17) is 16.3 Å². The third-order valence-electron chi connectivity index (χ3n) is 5.18. The topological polar surface area (TPSA) is 110 Å². The van der Waals surface area contributed by atoms with Crippen molar-refractivity contribution in [3.8, 4) is 16.9 Å². The quantitative estimate of drug-likeness (QED) is 0.380. The first-order valence-corrected chi connectivity index (χ1v) is 12.2. The molecule has 1 fully saturated rings. The number of thioether (sulfide) groups is 1. The Morgan fingerprint density at radius 1 is 1.22 bits per heavy atom. The third-order valence-corrected chi connectivity index (χ3v) is 7.69. The Balaban J connectivity index is 1.56. The van der Waals surface area contributed by atoms with Crippen molar-refractivity contribution in [3.63, 3.8) is 0 Å². The number of pyridine rings is 2. The van der Waals surface area contributed by atoms with E-state index in [0.29, 0.717) is 27.6 Å². The summed E-state index contributed by atoms with van der Waals surface area (Å²) in [6, 6.07) is 3.45. The van der Waals surface area contributed by atoms with Gasteiger partial charge in [-0.15, -0.1) is 10.2 Å². The molecule has 0 saturated heterocycles. The number of anilines is 1. The lowest BCUT2D eigenvalue weighted by Gasteiger charge is -2.25. The second-order valence-electron chi connectivity index (χ2n) is 7.41. The molecule has 168 valence electrons. The molecule has 1 saturated carbocycles. The molecule has 3 heterocycles. The second-order valence-corrected chi connectivity index (χ2v) is 10.3. The summed E-state index contributed by atoms with van der Waals surface area (Å²) in [6.07, 6.45) is 6.61. The SMILES string of the molecule is COc1cnc(Cl)cc1-c1cc(C)ncc1C(=O)Nc1nnc(S[C@@H]2CCCC[C@H]2O)s1. The fraction of sp³-hybridized carbons (Fsp3) is 0.381. The van der Waals surface area contributed by atoms with Gasteiger partial charge in [-0.05, 0) is 31.9 Å². The molecule has 0 radical (unpaired) electrons. The average molecular weight is 492 g/mol. The zero-order valence-corrected chi connectivity index (χ0v) is 19.9. The van der Waals surface area contributed by atoms with E-state index in [1.165, 1.54) is 42.6 Å². The maximum Gasteiger partial charge on any atom is 0.259 e. The molecule has 3 aromatic heterocycles. The predicted octanol–water partition coefficient (Wildman–Crippen LogP) is 4.61. The minimum atomic E-state index is -0.368. The van der Waals surface area contributed by atoms with Crippen LogP contribution in [0.15, 0.2) is 28.9 Å². The van der Waals surface area contributed by atoms with E-state index in [1.807, 2.05) is 6.92 Å². The standard InChI is InChI=1S/C21H22ClN5O3S2/c1-11-7-12(13-8-18(22)24-10-16(13)30-2)14(9-23-11)19(29)25-20-26-27-21(32-20)31-17-6-4-3-5-15(17)28/h7-10,15,17,28H,3-6H2,1-2H3,(H,25,26,29)/t15-,17-/m1/s1. The number of aliphatic hydroxyl groups excluding tert-OH is 1. The number of ether oxygens (including phenoxy) is 1. The van der Waals surface area contributed by atoms with Crippen molar-refractivity contribution < 1.29 is 14.6 Å². The molecule has 0 unspecified atom stereocenters. The van der Waals surface area contributed by atoms with Crippen molar-refractivity contribution in [2.24, 2.45) is 0 Å². The van der Waals surface area contributed by atoms with Crippen LogP contribution in [0.4, 0.5) is 5.13 Å². The molecule has 3 aromatic rings. The number of hydrogen-bond acceptors (Lipinski definition) is 9. The van der Waals surface area contributed by atoms with Crippen molar-refractivity contribution in [1.82, 2.24) is 20.2 Å². The number of amides is 1. The minimum Gasteiger partial charge on any atom is -0.494 e. The van der Waals surface area contributed by atoms with Gasteiger partial charge in [0, 0.05) is 28.3 Å². The first kappa shape index (κ1) is 22.9. The van der Waals surface area contributed by atoms with Crippen molar-refractivity contribution in [2.75, 3.05) is 12.4 Å². The van der Waals surface area contributed by atoms with E-state index in [9.17, 15) is 9.90 Å². The number of aryl methyl sites for hydroxylation is 1. The van der Waals surface area contributed by atoms with Crippen molar-refractivity contribution in [3.05, 3.63) is 40.9 Å². The molecule has 4 rings (SSSR count). The molecule has 0 spiro atoms. The highest BCUT2D eigenvalue weighted by Gasteiger charge is 2.26. The fourth-order valence-corrected chi connectivity index (χ4v) is 5.93. The van der Waals surface area contributed by atoms with Crippen LogP contribution in [0.2, 0.25) is 5.15 Å². The maximum absolute atomic E-state index is 13.1. The molecule has 0 bridgehead atoms. The highest BCUT2D eigenvalue weighted by Crippen LogP contribution is 2.37. The Kier molecular flexibility index (Phi) is 7.24. The van der Waals surface area contributed by atoms with Crippen LogP contribution in [0.3, 0.4) is 0 Å². The summed E-state index contributed by atoms with van der Waals surface area (Å²) in [5, 5.41) is 22.0. The maximum atomic E-state index is 13.1. The molecule has 2 N–H and O–H groups in total. The Hall–Kier alpha value is -2.27. The number of aromatic nitrogens is 4. The molecule has 2 atom stereocenters. The van der Waals surface area contributed by atoms with Gasteiger partial charge in [0.15, 0.2) is 4.34 Å². The minimum absolute atomic E-state index is 0.108. The van der Waals surface area contributed by atoms with Gasteiger partial charge in [-0.3, -0.25) is 15.1 Å². The Morgan fingerprint density at radius 2 is 2.03 bits per heavy atom. The van der Waals surface area contributed by atoms with E-state index < -0.39 is 0 Å². The van der Waals surface area contributed by atoms with Gasteiger partial charge in [-0.2, -0.15) is 0 Å². The van der Waals surface area contributed by atoms with Crippen molar-refractivity contribution in [1.29, 1.82) is 0 Å². The summed E-state index contributed by atoms with van der Waals surface area (Å²) >= 11 is 8.90. The molecule has 1 aliphatic carbocycles. The second kappa shape index (κ2) is 10.1. The van der Waals surface area contributed by atoms with Gasteiger partial charge >= 0.3 is 0 Å². The number of nitrogens with one attached hydrogen (secondary N) is 1. The number of carbonyl (C=O) groups excluding carboxylic acids is 1. The molecule has 1 aliphatic rings. The first-order valence-electron chi connectivity index (χ1n) is 10.1. The van der Waals surface area contributed by atoms with Gasteiger partial charge in [0.25, 0.3) is 5.91 Å². The molecule has 1 amide bonds. The van der Waals surface area contributed by atoms with Gasteiger partial charge in [-0.25, -0.2) is 4.98 Å². The van der Waals surface area contributed by atoms with Gasteiger partial charge in [0.1, 0.15) is 10.9 Å². The van der Waals surface area contributed by atoms with Crippen LogP contribution >= 0.6 is 34.7 Å². The van der Waals surface area contributed by atoms with E-state index in [2.05, 4.69) is 25.5 Å². The molecular formula is C21H22ClN5O3S2. The first-order chi connectivity index (χ1) is 15.4. The zero-order chi connectivity index (χ0) is 22.7.